The molecule has 0 spiro atoms. The van der Waals surface area contributed by atoms with Gasteiger partial charge in [-0.1, -0.05) is 47.5 Å². The lowest BCUT2D eigenvalue weighted by Gasteiger charge is -2.39. The molecule has 0 aromatic rings. The molecule has 3 N–H and O–H groups in total. The molecule has 0 aromatic carbocycles. The minimum atomic E-state index is -1.42. The summed E-state index contributed by atoms with van der Waals surface area (Å²) in [4.78, 5) is 85.4. The van der Waals surface area contributed by atoms with E-state index in [1.165, 1.54) is 28.8 Å². The van der Waals surface area contributed by atoms with Crippen molar-refractivity contribution in [1.82, 2.24) is 25.3 Å². The van der Waals surface area contributed by atoms with Gasteiger partial charge in [0.25, 0.3) is 5.91 Å². The molecule has 0 aromatic heterocycles. The summed E-state index contributed by atoms with van der Waals surface area (Å²) in [6, 6.07) is -3.81. The fourth-order valence-electron chi connectivity index (χ4n) is 5.81. The van der Waals surface area contributed by atoms with Crippen LogP contribution in [0.3, 0.4) is 0 Å². The zero-order valence-corrected chi connectivity index (χ0v) is 28.6. The van der Waals surface area contributed by atoms with Crippen LogP contribution in [0.5, 0.6) is 0 Å². The molecule has 2 rings (SSSR count). The minimum Gasteiger partial charge on any atom is -0.452 e. The fourth-order valence-corrected chi connectivity index (χ4v) is 5.94. The fraction of sp³-hybridized carbons (Fsp3) is 0.806. The zero-order valence-electron chi connectivity index (χ0n) is 27.9. The number of cyclic esters (lactones) is 1. The molecule has 13 nitrogen and oxygen atoms in total. The second-order valence-electron chi connectivity index (χ2n) is 12.6. The van der Waals surface area contributed by atoms with Crippen molar-refractivity contribution in [3.05, 3.63) is 0 Å². The maximum Gasteiger partial charge on any atom is 0.308 e. The van der Waals surface area contributed by atoms with Crippen LogP contribution < -0.4 is 10.6 Å². The van der Waals surface area contributed by atoms with Gasteiger partial charge in [-0.15, -0.1) is 11.6 Å². The van der Waals surface area contributed by atoms with Gasteiger partial charge in [0.05, 0.1) is 12.5 Å². The number of esters is 1. The number of alkyl halides is 1. The summed E-state index contributed by atoms with van der Waals surface area (Å²) >= 11 is 5.79. The SMILES string of the molecule is CC[C@H](C)[C@@H]1NC(=O)[C@@H]2[C@@H](C)CCN2C(=O)[C@@H](C[C@@H](O)CCl)OC(=O)CCNC(=O)[C@H](C)N(C)C(=O)[C@H]([C@@H](C)CC)N(C)C1=O. The van der Waals surface area contributed by atoms with Crippen LogP contribution in [0, 0.1) is 17.8 Å². The third-order valence-electron chi connectivity index (χ3n) is 9.38. The number of halogens is 1. The van der Waals surface area contributed by atoms with Crippen molar-refractivity contribution in [2.45, 2.75) is 110 Å². The van der Waals surface area contributed by atoms with Gasteiger partial charge in [0.1, 0.15) is 24.2 Å². The number of aliphatic hydroxyl groups is 1. The smallest absolute Gasteiger partial charge is 0.308 e. The van der Waals surface area contributed by atoms with Gasteiger partial charge in [0, 0.05) is 39.5 Å². The van der Waals surface area contributed by atoms with Crippen molar-refractivity contribution in [3.8, 4) is 0 Å². The molecule has 0 radical (unpaired) electrons. The number of ether oxygens (including phenoxy) is 1. The molecule has 0 bridgehead atoms. The molecule has 2 saturated heterocycles. The highest BCUT2D eigenvalue weighted by molar-refractivity contribution is 6.18. The number of likely N-dealkylation sites (N-methyl/N-ethyl adjacent to an activating group) is 2. The van der Waals surface area contributed by atoms with Crippen LogP contribution in [0.15, 0.2) is 0 Å². The average molecular weight is 658 g/mol. The highest BCUT2D eigenvalue weighted by Crippen LogP contribution is 2.28. The van der Waals surface area contributed by atoms with Gasteiger partial charge in [-0.05, 0) is 31.1 Å². The number of hydrogen-bond donors (Lipinski definition) is 3. The van der Waals surface area contributed by atoms with E-state index in [9.17, 15) is 33.9 Å². The average Bonchev–Trinajstić information content (AvgIpc) is 3.41. The normalized spacial score (nSPS) is 30.4. The van der Waals surface area contributed by atoms with Crippen LogP contribution in [-0.2, 0) is 33.5 Å². The summed E-state index contributed by atoms with van der Waals surface area (Å²) in [6.07, 6.45) is -1.52. The second kappa shape index (κ2) is 17.1. The Balaban J connectivity index is 2.61. The molecule has 2 heterocycles. The lowest BCUT2D eigenvalue weighted by atomic mass is 9.92. The van der Waals surface area contributed by atoms with Gasteiger partial charge in [-0.2, -0.15) is 0 Å². The molecule has 0 saturated carbocycles. The Morgan fingerprint density at radius 2 is 1.56 bits per heavy atom. The van der Waals surface area contributed by atoms with Crippen molar-refractivity contribution in [1.29, 1.82) is 0 Å². The molecule has 5 amide bonds. The second-order valence-corrected chi connectivity index (χ2v) is 12.9. The monoisotopic (exact) mass is 657 g/mol. The van der Waals surface area contributed by atoms with Gasteiger partial charge in [-0.3, -0.25) is 28.8 Å². The van der Waals surface area contributed by atoms with E-state index in [-0.39, 0.29) is 49.6 Å². The van der Waals surface area contributed by atoms with Gasteiger partial charge in [0.15, 0.2) is 6.10 Å². The number of nitrogens with zero attached hydrogens (tertiary/aromatic N) is 3. The number of rotatable bonds is 7. The van der Waals surface area contributed by atoms with Crippen LogP contribution in [0.4, 0.5) is 0 Å². The topological polar surface area (TPSA) is 166 Å². The van der Waals surface area contributed by atoms with Gasteiger partial charge in [0.2, 0.25) is 23.6 Å². The quantitative estimate of drug-likeness (QED) is 0.268. The van der Waals surface area contributed by atoms with E-state index < -0.39 is 71.9 Å². The van der Waals surface area contributed by atoms with Crippen molar-refractivity contribution in [2.24, 2.45) is 17.8 Å². The number of fused-ring (bicyclic) bond motifs is 1. The van der Waals surface area contributed by atoms with E-state index in [1.54, 1.807) is 6.92 Å². The first-order valence-electron chi connectivity index (χ1n) is 16.0. The molecular formula is C31H52ClN5O8. The minimum absolute atomic E-state index is 0.126. The Bertz CT molecular complexity index is 1090. The number of aliphatic hydroxyl groups excluding tert-OH is 1. The molecule has 2 aliphatic heterocycles. The van der Waals surface area contributed by atoms with E-state index >= 15 is 0 Å². The van der Waals surface area contributed by atoms with Crippen LogP contribution in [0.2, 0.25) is 0 Å². The summed E-state index contributed by atoms with van der Waals surface area (Å²) in [5.74, 6) is -4.46. The Morgan fingerprint density at radius 1 is 0.933 bits per heavy atom. The van der Waals surface area contributed by atoms with Crippen molar-refractivity contribution >= 4 is 47.1 Å². The van der Waals surface area contributed by atoms with Crippen LogP contribution >= 0.6 is 11.6 Å². The van der Waals surface area contributed by atoms with E-state index in [0.717, 1.165) is 0 Å². The van der Waals surface area contributed by atoms with Crippen LogP contribution in [0.25, 0.3) is 0 Å². The molecule has 2 fully saturated rings. The lowest BCUT2D eigenvalue weighted by molar-refractivity contribution is -0.163. The highest BCUT2D eigenvalue weighted by Gasteiger charge is 2.45. The molecule has 0 unspecified atom stereocenters. The summed E-state index contributed by atoms with van der Waals surface area (Å²) < 4.78 is 5.48. The summed E-state index contributed by atoms with van der Waals surface area (Å²) in [5, 5.41) is 15.8. The Kier molecular flexibility index (Phi) is 14.5. The van der Waals surface area contributed by atoms with Crippen molar-refractivity contribution in [2.75, 3.05) is 33.1 Å². The summed E-state index contributed by atoms with van der Waals surface area (Å²) in [7, 11) is 3.02. The molecular weight excluding hydrogens is 606 g/mol. The molecule has 45 heavy (non-hydrogen) atoms. The van der Waals surface area contributed by atoms with Crippen molar-refractivity contribution in [3.63, 3.8) is 0 Å². The highest BCUT2D eigenvalue weighted by atomic mass is 35.5. The predicted octanol–water partition coefficient (Wildman–Crippen LogP) is 0.896. The molecule has 14 heteroatoms. The van der Waals surface area contributed by atoms with E-state index in [0.29, 0.717) is 19.3 Å². The maximum atomic E-state index is 14.1. The first-order valence-corrected chi connectivity index (χ1v) is 16.5. The third kappa shape index (κ3) is 9.31. The molecule has 256 valence electrons. The van der Waals surface area contributed by atoms with Crippen LogP contribution in [0.1, 0.15) is 73.6 Å². The number of amides is 5. The maximum absolute atomic E-state index is 14.1. The van der Waals surface area contributed by atoms with E-state index in [4.69, 9.17) is 16.3 Å². The number of hydrogen-bond acceptors (Lipinski definition) is 8. The summed E-state index contributed by atoms with van der Waals surface area (Å²) in [5.41, 5.74) is 0. The van der Waals surface area contributed by atoms with Crippen molar-refractivity contribution < 1.29 is 38.6 Å². The van der Waals surface area contributed by atoms with Gasteiger partial charge >= 0.3 is 5.97 Å². The van der Waals surface area contributed by atoms with E-state index in [1.807, 2.05) is 34.6 Å². The first kappa shape index (κ1) is 38.3. The third-order valence-corrected chi connectivity index (χ3v) is 9.74. The van der Waals surface area contributed by atoms with Crippen LogP contribution in [-0.4, -0.2) is 125 Å². The Labute approximate surface area is 271 Å². The van der Waals surface area contributed by atoms with Gasteiger partial charge in [-0.25, -0.2) is 0 Å². The largest absolute Gasteiger partial charge is 0.452 e. The van der Waals surface area contributed by atoms with Gasteiger partial charge < -0.3 is 35.2 Å². The Morgan fingerprint density at radius 3 is 2.13 bits per heavy atom. The molecule has 2 aliphatic rings. The standard InChI is InChI=1S/C31H52ClN5O8/c1-9-17(3)24-30(43)36(8)26(18(4)10-2)31(44)35(7)20(6)27(40)33-13-11-23(39)45-22(15-21(38)16-32)29(42)37-14-12-19(5)25(37)28(41)34-24/h17-22,24-26,38H,9-16H2,1-8H3,(H,33,40)(H,34,41)/t17-,18-,19-,20-,21+,22+,24-,25-,26-/m0/s1. The summed E-state index contributed by atoms with van der Waals surface area (Å²) in [6.45, 7) is 10.9. The molecule has 0 aliphatic carbocycles. The lowest BCUT2D eigenvalue weighted by Crippen LogP contribution is -2.61. The number of nitrogens with one attached hydrogen (secondary N) is 2. The predicted molar refractivity (Wildman–Crippen MR) is 168 cm³/mol. The zero-order chi connectivity index (χ0) is 34.2. The van der Waals surface area contributed by atoms with E-state index in [2.05, 4.69) is 10.6 Å². The first-order chi connectivity index (χ1) is 21.1. The number of carbonyl (C=O) groups excluding carboxylic acids is 6. The molecule has 9 atom stereocenters. The Hall–Kier alpha value is -2.93. The number of carbonyl (C=O) groups is 6.